The molecule has 0 aromatic rings. The summed E-state index contributed by atoms with van der Waals surface area (Å²) < 4.78 is 11.7. The third kappa shape index (κ3) is 16.9. The molecule has 2 atom stereocenters. The van der Waals surface area contributed by atoms with Crippen molar-refractivity contribution < 1.29 is 19.1 Å². The van der Waals surface area contributed by atoms with Gasteiger partial charge in [0.25, 0.3) is 0 Å². The number of carbonyl (C=O) groups excluding carboxylic acids is 2. The molecule has 5 nitrogen and oxygen atoms in total. The number of hydrogen-bond donors (Lipinski definition) is 0. The van der Waals surface area contributed by atoms with Crippen molar-refractivity contribution in [2.75, 3.05) is 6.61 Å². The maximum atomic E-state index is 13.1. The number of unbranched alkanes of at least 4 members (excludes halogenated alkanes) is 1. The molecule has 0 saturated carbocycles. The van der Waals surface area contributed by atoms with Gasteiger partial charge in [0, 0.05) is 18.6 Å². The Morgan fingerprint density at radius 3 is 2.00 bits per heavy atom. The summed E-state index contributed by atoms with van der Waals surface area (Å²) in [7, 11) is 0. The largest absolute Gasteiger partial charge is 0.460 e. The quantitative estimate of drug-likeness (QED) is 0.0658. The fourth-order valence-corrected chi connectivity index (χ4v) is 4.04. The molecule has 2 unspecified atom stereocenters. The molecule has 0 spiro atoms. The molecule has 0 aliphatic rings. The van der Waals surface area contributed by atoms with E-state index >= 15 is 0 Å². The van der Waals surface area contributed by atoms with E-state index in [1.54, 1.807) is 0 Å². The molecule has 0 N–H and O–H groups in total. The standard InChI is InChI=1S/C35H61NO4/c1-15-19-28(23-26(4)33(6,7)8)27(5)36-30(16-2)31(37)21-18-17-20-29(24-39-34(9,10)11)25(3)22-32(38)40-35(12,13)14/h16,19,23,25,29H,15,17-18,20-22,24H2,1-14H3/b26-23+,28-19-,30-16-,36-27-. The zero-order valence-corrected chi connectivity index (χ0v) is 28.4. The van der Waals surface area contributed by atoms with E-state index in [4.69, 9.17) is 14.5 Å². The van der Waals surface area contributed by atoms with Crippen molar-refractivity contribution in [1.29, 1.82) is 0 Å². The van der Waals surface area contributed by atoms with Gasteiger partial charge in [-0.15, -0.1) is 0 Å². The Kier molecular flexibility index (Phi) is 16.2. The lowest BCUT2D eigenvalue weighted by Gasteiger charge is -2.29. The Bertz CT molecular complexity index is 930. The Morgan fingerprint density at radius 2 is 1.52 bits per heavy atom. The molecule has 0 heterocycles. The highest BCUT2D eigenvalue weighted by atomic mass is 16.6. The highest BCUT2D eigenvalue weighted by molar-refractivity contribution is 6.05. The van der Waals surface area contributed by atoms with Crippen LogP contribution in [0.2, 0.25) is 0 Å². The maximum absolute atomic E-state index is 13.1. The second-order valence-corrected chi connectivity index (χ2v) is 14.1. The van der Waals surface area contributed by atoms with Gasteiger partial charge in [-0.3, -0.25) is 9.59 Å². The molecule has 0 fully saturated rings. The SMILES string of the molecule is C\C=C(/N=C(C)\C(=C/CC)\C=C(/C)C(C)(C)C)C(=O)CCCCC(COC(C)(C)C)C(C)CC(=O)OC(C)(C)C. The summed E-state index contributed by atoms with van der Waals surface area (Å²) in [5.74, 6) is 0.229. The Balaban J connectivity index is 5.34. The van der Waals surface area contributed by atoms with E-state index in [2.05, 4.69) is 53.7 Å². The third-order valence-electron chi connectivity index (χ3n) is 6.92. The smallest absolute Gasteiger partial charge is 0.306 e. The first-order chi connectivity index (χ1) is 18.2. The fourth-order valence-electron chi connectivity index (χ4n) is 4.04. The summed E-state index contributed by atoms with van der Waals surface area (Å²) in [6, 6.07) is 0. The maximum Gasteiger partial charge on any atom is 0.306 e. The topological polar surface area (TPSA) is 65.0 Å². The summed E-state index contributed by atoms with van der Waals surface area (Å²) in [4.78, 5) is 30.3. The normalized spacial score (nSPS) is 16.1. The Labute approximate surface area is 247 Å². The molecule has 0 aliphatic heterocycles. The monoisotopic (exact) mass is 559 g/mol. The van der Waals surface area contributed by atoms with Crippen LogP contribution in [0.15, 0.2) is 40.1 Å². The van der Waals surface area contributed by atoms with Crippen LogP contribution < -0.4 is 0 Å². The van der Waals surface area contributed by atoms with Crippen LogP contribution in [0.4, 0.5) is 0 Å². The zero-order chi connectivity index (χ0) is 31.3. The lowest BCUT2D eigenvalue weighted by molar-refractivity contribution is -0.156. The number of ketones is 1. The summed E-state index contributed by atoms with van der Waals surface area (Å²) in [5.41, 5.74) is 3.07. The number of rotatable bonds is 15. The second-order valence-electron chi connectivity index (χ2n) is 14.1. The molecule has 0 saturated heterocycles. The van der Waals surface area contributed by atoms with Crippen molar-refractivity contribution in [3.05, 3.63) is 35.1 Å². The second kappa shape index (κ2) is 17.1. The molecule has 0 radical (unpaired) electrons. The molecular weight excluding hydrogens is 498 g/mol. The summed E-state index contributed by atoms with van der Waals surface area (Å²) in [5, 5.41) is 0. The minimum Gasteiger partial charge on any atom is -0.460 e. The first kappa shape index (κ1) is 38.0. The van der Waals surface area contributed by atoms with E-state index in [0.29, 0.717) is 25.1 Å². The molecule has 0 rings (SSSR count). The highest BCUT2D eigenvalue weighted by Crippen LogP contribution is 2.27. The van der Waals surface area contributed by atoms with Crippen LogP contribution in [0.3, 0.4) is 0 Å². The minimum atomic E-state index is -0.491. The van der Waals surface area contributed by atoms with E-state index in [-0.39, 0.29) is 34.6 Å². The first-order valence-corrected chi connectivity index (χ1v) is 15.2. The first-order valence-electron chi connectivity index (χ1n) is 15.2. The van der Waals surface area contributed by atoms with Crippen LogP contribution in [0.1, 0.15) is 135 Å². The molecule has 230 valence electrons. The predicted molar refractivity (Wildman–Crippen MR) is 171 cm³/mol. The average molecular weight is 560 g/mol. The third-order valence-corrected chi connectivity index (χ3v) is 6.92. The van der Waals surface area contributed by atoms with Gasteiger partial charge in [-0.2, -0.15) is 0 Å². The van der Waals surface area contributed by atoms with Crippen molar-refractivity contribution in [3.63, 3.8) is 0 Å². The Morgan fingerprint density at radius 1 is 0.925 bits per heavy atom. The number of nitrogens with zero attached hydrogens (tertiary/aromatic N) is 1. The van der Waals surface area contributed by atoms with Crippen LogP contribution >= 0.6 is 0 Å². The molecule has 0 aromatic heterocycles. The average Bonchev–Trinajstić information content (AvgIpc) is 2.78. The van der Waals surface area contributed by atoms with Crippen molar-refractivity contribution >= 4 is 17.5 Å². The fraction of sp³-hybridized carbons (Fsp3) is 0.743. The van der Waals surface area contributed by atoms with E-state index in [9.17, 15) is 9.59 Å². The summed E-state index contributed by atoms with van der Waals surface area (Å²) in [6.45, 7) is 29.2. The van der Waals surface area contributed by atoms with E-state index in [1.807, 2.05) is 61.5 Å². The van der Waals surface area contributed by atoms with E-state index in [0.717, 1.165) is 37.0 Å². The van der Waals surface area contributed by atoms with Crippen LogP contribution in [-0.2, 0) is 19.1 Å². The van der Waals surface area contributed by atoms with Crippen LogP contribution in [0, 0.1) is 17.3 Å². The van der Waals surface area contributed by atoms with Crippen molar-refractivity contribution in [1.82, 2.24) is 0 Å². The number of Topliss-reactive ketones (excluding diaryl/α,β-unsaturated/α-hetero) is 1. The van der Waals surface area contributed by atoms with Gasteiger partial charge in [0.15, 0.2) is 5.78 Å². The van der Waals surface area contributed by atoms with Gasteiger partial charge in [0.05, 0.1) is 12.2 Å². The zero-order valence-electron chi connectivity index (χ0n) is 28.4. The van der Waals surface area contributed by atoms with E-state index in [1.165, 1.54) is 5.57 Å². The summed E-state index contributed by atoms with van der Waals surface area (Å²) >= 11 is 0. The molecule has 40 heavy (non-hydrogen) atoms. The molecule has 0 aliphatic carbocycles. The van der Waals surface area contributed by atoms with Gasteiger partial charge in [-0.25, -0.2) is 4.99 Å². The van der Waals surface area contributed by atoms with Crippen molar-refractivity contribution in [3.8, 4) is 0 Å². The van der Waals surface area contributed by atoms with Crippen LogP contribution in [-0.4, -0.2) is 35.3 Å². The van der Waals surface area contributed by atoms with Gasteiger partial charge in [-0.1, -0.05) is 64.8 Å². The number of allylic oxidation sites excluding steroid dienone is 6. The van der Waals surface area contributed by atoms with Gasteiger partial charge in [-0.05, 0) is 104 Å². The molecule has 5 heteroatoms. The summed E-state index contributed by atoms with van der Waals surface area (Å²) in [6.07, 6.45) is 10.5. The van der Waals surface area contributed by atoms with Gasteiger partial charge >= 0.3 is 5.97 Å². The molecule has 0 bridgehead atoms. The number of esters is 1. The number of aliphatic imine (C=N–C) groups is 1. The number of carbonyl (C=O) groups is 2. The minimum absolute atomic E-state index is 0.0681. The van der Waals surface area contributed by atoms with Gasteiger partial charge in [0.1, 0.15) is 11.3 Å². The molecule has 0 aromatic carbocycles. The molecular formula is C35H61NO4. The lowest BCUT2D eigenvalue weighted by Crippen LogP contribution is -2.30. The number of hydrogen-bond acceptors (Lipinski definition) is 5. The van der Waals surface area contributed by atoms with Crippen molar-refractivity contribution in [2.45, 2.75) is 147 Å². The predicted octanol–water partition coefficient (Wildman–Crippen LogP) is 9.61. The van der Waals surface area contributed by atoms with Gasteiger partial charge in [0.2, 0.25) is 0 Å². The molecule has 0 amide bonds. The highest BCUT2D eigenvalue weighted by Gasteiger charge is 2.25. The lowest BCUT2D eigenvalue weighted by atomic mass is 9.86. The Hall–Kier alpha value is -2.01. The van der Waals surface area contributed by atoms with Gasteiger partial charge < -0.3 is 9.47 Å². The van der Waals surface area contributed by atoms with E-state index < -0.39 is 5.60 Å². The van der Waals surface area contributed by atoms with Crippen LogP contribution in [0.25, 0.3) is 0 Å². The van der Waals surface area contributed by atoms with Crippen molar-refractivity contribution in [2.24, 2.45) is 22.2 Å². The number of ether oxygens (including phenoxy) is 2. The van der Waals surface area contributed by atoms with Crippen LogP contribution in [0.5, 0.6) is 0 Å².